The van der Waals surface area contributed by atoms with Crippen LogP contribution < -0.4 is 0 Å². The maximum absolute atomic E-state index is 13.1. The number of unbranched alkanes of at least 4 members (excludes halogenated alkanes) is 57. The molecule has 3 N–H and O–H groups in total. The summed E-state index contributed by atoms with van der Waals surface area (Å²) in [6.45, 7) is 7.39. The number of hydrogen-bond acceptors (Lipinski definition) is 15. The van der Waals surface area contributed by atoms with Crippen LogP contribution in [0.15, 0.2) is 0 Å². The van der Waals surface area contributed by atoms with Gasteiger partial charge in [-0.15, -0.1) is 0 Å². The van der Waals surface area contributed by atoms with Crippen LogP contribution in [0.3, 0.4) is 0 Å². The zero-order valence-corrected chi connectivity index (χ0v) is 70.0. The van der Waals surface area contributed by atoms with Crippen molar-refractivity contribution in [3.05, 3.63) is 0 Å². The Kier molecular flexibility index (Phi) is 76.3. The first-order valence-corrected chi connectivity index (χ1v) is 47.1. The largest absolute Gasteiger partial charge is 0.472 e. The molecule has 0 heterocycles. The highest BCUT2D eigenvalue weighted by Crippen LogP contribution is 2.45. The average molecular weight is 1520 g/mol. The second-order valence-electron chi connectivity index (χ2n) is 31.1. The highest BCUT2D eigenvalue weighted by atomic mass is 31.2. The SMILES string of the molecule is CCCCCCCCCCCCCCCCCCCCCCC(=O)O[C@H](COC(=O)CCCCCCCCCCCCCCCCCCC(C)C)COP(=O)(O)OC[C@@H](O)COP(=O)(O)OC[C@@H](COC(=O)CCCCCCCCCCCC)OC(=O)CCCCCCCCCCCCCCCCC. The molecule has 0 aromatic rings. The van der Waals surface area contributed by atoms with Gasteiger partial charge in [0, 0.05) is 25.7 Å². The predicted molar refractivity (Wildman–Crippen MR) is 428 cm³/mol. The number of rotatable bonds is 85. The lowest BCUT2D eigenvalue weighted by molar-refractivity contribution is -0.161. The molecule has 0 aromatic heterocycles. The van der Waals surface area contributed by atoms with Crippen LogP contribution in [0.4, 0.5) is 0 Å². The molecule has 0 rings (SSSR count). The van der Waals surface area contributed by atoms with Crippen molar-refractivity contribution in [2.45, 2.75) is 477 Å². The zero-order valence-electron chi connectivity index (χ0n) is 68.2. The number of carbonyl (C=O) groups excluding carboxylic acids is 4. The third kappa shape index (κ3) is 78.2. The molecule has 2 unspecified atom stereocenters. The van der Waals surface area contributed by atoms with E-state index in [2.05, 4.69) is 34.6 Å². The van der Waals surface area contributed by atoms with Crippen molar-refractivity contribution >= 4 is 39.5 Å². The van der Waals surface area contributed by atoms with E-state index in [0.717, 1.165) is 95.8 Å². The van der Waals surface area contributed by atoms with E-state index >= 15 is 0 Å². The van der Waals surface area contributed by atoms with Gasteiger partial charge in [0.1, 0.15) is 19.3 Å². The fraction of sp³-hybridized carbons (Fsp3) is 0.953. The van der Waals surface area contributed by atoms with Gasteiger partial charge >= 0.3 is 39.5 Å². The van der Waals surface area contributed by atoms with E-state index in [1.807, 2.05) is 0 Å². The van der Waals surface area contributed by atoms with Crippen molar-refractivity contribution in [3.8, 4) is 0 Å². The molecule has 0 saturated carbocycles. The van der Waals surface area contributed by atoms with Gasteiger partial charge in [-0.3, -0.25) is 37.3 Å². The van der Waals surface area contributed by atoms with Gasteiger partial charge in [0.2, 0.25) is 0 Å². The van der Waals surface area contributed by atoms with E-state index in [9.17, 15) is 43.2 Å². The highest BCUT2D eigenvalue weighted by Gasteiger charge is 2.30. The second kappa shape index (κ2) is 77.8. The second-order valence-corrected chi connectivity index (χ2v) is 34.0. The van der Waals surface area contributed by atoms with E-state index in [-0.39, 0.29) is 25.7 Å². The Morgan fingerprint density at radius 1 is 0.260 bits per heavy atom. The Balaban J connectivity index is 5.22. The lowest BCUT2D eigenvalue weighted by Gasteiger charge is -2.21. The van der Waals surface area contributed by atoms with E-state index in [1.165, 1.54) is 283 Å². The summed E-state index contributed by atoms with van der Waals surface area (Å²) in [5.41, 5.74) is 0. The predicted octanol–water partition coefficient (Wildman–Crippen LogP) is 26.0. The Bertz CT molecular complexity index is 1980. The van der Waals surface area contributed by atoms with Crippen LogP contribution in [0, 0.1) is 5.92 Å². The molecule has 5 atom stereocenters. The topological polar surface area (TPSA) is 237 Å². The summed E-state index contributed by atoms with van der Waals surface area (Å²) in [5, 5.41) is 10.7. The van der Waals surface area contributed by atoms with E-state index in [1.54, 1.807) is 0 Å². The van der Waals surface area contributed by atoms with Crippen molar-refractivity contribution in [1.82, 2.24) is 0 Å². The smallest absolute Gasteiger partial charge is 0.462 e. The monoisotopic (exact) mass is 1520 g/mol. The van der Waals surface area contributed by atoms with Crippen LogP contribution in [0.5, 0.6) is 0 Å². The van der Waals surface area contributed by atoms with Gasteiger partial charge in [-0.05, 0) is 31.6 Å². The molecular formula is C85H166O17P2. The van der Waals surface area contributed by atoms with Crippen molar-refractivity contribution in [2.75, 3.05) is 39.6 Å². The number of carbonyl (C=O) groups is 4. The minimum Gasteiger partial charge on any atom is -0.462 e. The molecule has 0 aliphatic heterocycles. The Labute approximate surface area is 638 Å². The van der Waals surface area contributed by atoms with Gasteiger partial charge in [-0.1, -0.05) is 407 Å². The number of phosphoric acid groups is 2. The van der Waals surface area contributed by atoms with Crippen LogP contribution in [0.2, 0.25) is 0 Å². The van der Waals surface area contributed by atoms with Gasteiger partial charge < -0.3 is 33.8 Å². The van der Waals surface area contributed by atoms with Crippen molar-refractivity contribution in [1.29, 1.82) is 0 Å². The summed E-state index contributed by atoms with van der Waals surface area (Å²) in [6, 6.07) is 0. The molecule has 104 heavy (non-hydrogen) atoms. The van der Waals surface area contributed by atoms with Gasteiger partial charge in [0.05, 0.1) is 26.4 Å². The Morgan fingerprint density at radius 3 is 0.654 bits per heavy atom. The van der Waals surface area contributed by atoms with Gasteiger partial charge in [0.25, 0.3) is 0 Å². The molecule has 19 heteroatoms. The van der Waals surface area contributed by atoms with Crippen LogP contribution in [0.1, 0.15) is 458 Å². The lowest BCUT2D eigenvalue weighted by atomic mass is 10.0. The number of aliphatic hydroxyl groups excluding tert-OH is 1. The molecule has 0 bridgehead atoms. The molecule has 0 aromatic carbocycles. The van der Waals surface area contributed by atoms with Gasteiger partial charge in [-0.2, -0.15) is 0 Å². The number of esters is 4. The number of phosphoric ester groups is 2. The number of ether oxygens (including phenoxy) is 4. The first kappa shape index (κ1) is 102. The summed E-state index contributed by atoms with van der Waals surface area (Å²) in [4.78, 5) is 73.2. The maximum atomic E-state index is 13.1. The molecule has 0 saturated heterocycles. The highest BCUT2D eigenvalue weighted by molar-refractivity contribution is 7.47. The van der Waals surface area contributed by atoms with Crippen LogP contribution in [-0.2, 0) is 65.4 Å². The fourth-order valence-electron chi connectivity index (χ4n) is 13.3. The summed E-state index contributed by atoms with van der Waals surface area (Å²) in [5.74, 6) is -1.29. The summed E-state index contributed by atoms with van der Waals surface area (Å²) < 4.78 is 68.8. The van der Waals surface area contributed by atoms with E-state index in [0.29, 0.717) is 25.7 Å². The summed E-state index contributed by atoms with van der Waals surface area (Å²) in [6.07, 6.45) is 70.8. The standard InChI is InChI=1S/C85H166O17P2/c1-6-9-12-15-18-21-24-26-28-29-30-31-32-38-42-46-51-56-61-66-71-85(90)102-81(75-96-83(88)69-64-59-54-49-44-40-37-34-33-36-39-43-47-52-57-62-67-78(4)5)77-100-104(93,94)98-73-79(86)72-97-103(91,92)99-76-80(74-95-82(87)68-63-58-53-48-23-20-17-14-11-8-3)101-84(89)70-65-60-55-50-45-41-35-27-25-22-19-16-13-10-7-2/h78-81,86H,6-77H2,1-5H3,(H,91,92)(H,93,94)/t79-,80+,81+/m0/s1. The average Bonchev–Trinajstić information content (AvgIpc) is 0.904. The van der Waals surface area contributed by atoms with Crippen molar-refractivity contribution < 1.29 is 80.2 Å². The van der Waals surface area contributed by atoms with Crippen molar-refractivity contribution in [3.63, 3.8) is 0 Å². The molecule has 0 radical (unpaired) electrons. The molecule has 17 nitrogen and oxygen atoms in total. The quantitative estimate of drug-likeness (QED) is 0.0222. The van der Waals surface area contributed by atoms with E-state index in [4.69, 9.17) is 37.0 Å². The molecule has 0 aliphatic rings. The molecule has 0 amide bonds. The Morgan fingerprint density at radius 2 is 0.442 bits per heavy atom. The zero-order chi connectivity index (χ0) is 76.2. The minimum atomic E-state index is -4.96. The van der Waals surface area contributed by atoms with Gasteiger partial charge in [0.15, 0.2) is 12.2 Å². The molecule has 0 aliphatic carbocycles. The molecular weight excluding hydrogens is 1350 g/mol. The first-order chi connectivity index (χ1) is 50.5. The van der Waals surface area contributed by atoms with Crippen LogP contribution in [0.25, 0.3) is 0 Å². The fourth-order valence-corrected chi connectivity index (χ4v) is 14.9. The number of aliphatic hydroxyl groups is 1. The third-order valence-corrected chi connectivity index (χ3v) is 21.9. The lowest BCUT2D eigenvalue weighted by Crippen LogP contribution is -2.30. The minimum absolute atomic E-state index is 0.109. The summed E-state index contributed by atoms with van der Waals surface area (Å²) in [7, 11) is -9.92. The van der Waals surface area contributed by atoms with Crippen LogP contribution >= 0.6 is 15.6 Å². The number of hydrogen-bond donors (Lipinski definition) is 3. The molecule has 0 fully saturated rings. The molecule has 0 spiro atoms. The van der Waals surface area contributed by atoms with E-state index < -0.39 is 97.5 Å². The third-order valence-electron chi connectivity index (χ3n) is 20.0. The normalized spacial score (nSPS) is 13.8. The van der Waals surface area contributed by atoms with Crippen molar-refractivity contribution in [2.24, 2.45) is 5.92 Å². The first-order valence-electron chi connectivity index (χ1n) is 44.1. The van der Waals surface area contributed by atoms with Crippen LogP contribution in [-0.4, -0.2) is 96.7 Å². The maximum Gasteiger partial charge on any atom is 0.472 e. The Hall–Kier alpha value is -1.94. The van der Waals surface area contributed by atoms with Gasteiger partial charge in [-0.25, -0.2) is 9.13 Å². The summed E-state index contributed by atoms with van der Waals surface area (Å²) >= 11 is 0. The molecule has 618 valence electrons.